The summed E-state index contributed by atoms with van der Waals surface area (Å²) in [4.78, 5) is 21.3. The smallest absolute Gasteiger partial charge is 0.331 e. The summed E-state index contributed by atoms with van der Waals surface area (Å²) >= 11 is 0. The topological polar surface area (TPSA) is 74.6 Å². The molecule has 0 unspecified atom stereocenters. The maximum Gasteiger partial charge on any atom is 0.331 e. The summed E-state index contributed by atoms with van der Waals surface area (Å²) in [6.45, 7) is 0. The molecule has 1 rings (SSSR count). The van der Waals surface area contributed by atoms with Gasteiger partial charge < -0.3 is 10.2 Å². The van der Waals surface area contributed by atoms with Crippen molar-refractivity contribution in [2.24, 2.45) is 5.92 Å². The van der Waals surface area contributed by atoms with Gasteiger partial charge in [0.15, 0.2) is 0 Å². The van der Waals surface area contributed by atoms with E-state index < -0.39 is 11.9 Å². The van der Waals surface area contributed by atoms with Crippen molar-refractivity contribution in [2.45, 2.75) is 32.1 Å². The molecule has 4 heteroatoms. The Bertz CT molecular complexity index is 267. The molecular weight excluding hydrogens is 184 g/mol. The van der Waals surface area contributed by atoms with Crippen LogP contribution in [-0.2, 0) is 9.59 Å². The van der Waals surface area contributed by atoms with Crippen LogP contribution in [0.1, 0.15) is 32.1 Å². The Hall–Kier alpha value is -1.32. The van der Waals surface area contributed by atoms with E-state index in [0.717, 1.165) is 0 Å². The van der Waals surface area contributed by atoms with E-state index in [1.54, 1.807) is 6.08 Å². The zero-order valence-corrected chi connectivity index (χ0v) is 7.90. The normalized spacial score (nSPS) is 23.1. The Kier molecular flexibility index (Phi) is 3.68. The van der Waals surface area contributed by atoms with Gasteiger partial charge in [-0.25, -0.2) is 4.79 Å². The lowest BCUT2D eigenvalue weighted by atomic mass is 9.91. The van der Waals surface area contributed by atoms with Gasteiger partial charge in [0.1, 0.15) is 0 Å². The van der Waals surface area contributed by atoms with E-state index in [-0.39, 0.29) is 5.92 Å². The molecule has 0 saturated heterocycles. The molecule has 14 heavy (non-hydrogen) atoms. The minimum Gasteiger partial charge on any atom is -0.481 e. The third-order valence-electron chi connectivity index (χ3n) is 2.53. The monoisotopic (exact) mass is 198 g/mol. The van der Waals surface area contributed by atoms with Crippen molar-refractivity contribution in [3.8, 4) is 0 Å². The van der Waals surface area contributed by atoms with Crippen molar-refractivity contribution in [1.82, 2.24) is 0 Å². The summed E-state index contributed by atoms with van der Waals surface area (Å²) in [5.41, 5.74) is 0.425. The molecule has 0 heterocycles. The van der Waals surface area contributed by atoms with Crippen LogP contribution in [0.15, 0.2) is 11.6 Å². The van der Waals surface area contributed by atoms with Crippen LogP contribution in [0.25, 0.3) is 0 Å². The molecule has 0 aromatic rings. The van der Waals surface area contributed by atoms with Crippen LogP contribution in [0.3, 0.4) is 0 Å². The van der Waals surface area contributed by atoms with E-state index in [1.807, 2.05) is 0 Å². The molecule has 4 nitrogen and oxygen atoms in total. The molecule has 78 valence electrons. The highest BCUT2D eigenvalue weighted by molar-refractivity contribution is 5.86. The minimum atomic E-state index is -0.876. The fourth-order valence-corrected chi connectivity index (χ4v) is 1.69. The van der Waals surface area contributed by atoms with Gasteiger partial charge in [0, 0.05) is 5.57 Å². The van der Waals surface area contributed by atoms with Gasteiger partial charge in [-0.2, -0.15) is 0 Å². The summed E-state index contributed by atoms with van der Waals surface area (Å²) in [6, 6.07) is 0. The molecule has 1 aliphatic carbocycles. The molecule has 1 aliphatic rings. The Morgan fingerprint density at radius 1 is 1.29 bits per heavy atom. The lowest BCUT2D eigenvalue weighted by molar-refractivity contribution is -0.142. The zero-order chi connectivity index (χ0) is 10.6. The second kappa shape index (κ2) is 4.79. The lowest BCUT2D eigenvalue weighted by Crippen LogP contribution is -2.15. The fraction of sp³-hybridized carbons (Fsp3) is 0.600. The average Bonchev–Trinajstić information content (AvgIpc) is 2.01. The minimum absolute atomic E-state index is 0.304. The largest absolute Gasteiger partial charge is 0.481 e. The maximum atomic E-state index is 10.7. The Morgan fingerprint density at radius 2 is 2.00 bits per heavy atom. The first-order chi connectivity index (χ1) is 6.61. The van der Waals surface area contributed by atoms with E-state index in [1.165, 1.54) is 0 Å². The number of rotatable bonds is 2. The van der Waals surface area contributed by atoms with Crippen molar-refractivity contribution < 1.29 is 19.8 Å². The second-order valence-corrected chi connectivity index (χ2v) is 3.54. The van der Waals surface area contributed by atoms with Crippen LogP contribution in [0.2, 0.25) is 0 Å². The fourth-order valence-electron chi connectivity index (χ4n) is 1.69. The Morgan fingerprint density at radius 3 is 2.57 bits per heavy atom. The number of hydrogen-bond donors (Lipinski definition) is 2. The van der Waals surface area contributed by atoms with Crippen molar-refractivity contribution >= 4 is 11.9 Å². The third-order valence-corrected chi connectivity index (χ3v) is 2.53. The summed E-state index contributed by atoms with van der Waals surface area (Å²) in [5, 5.41) is 17.5. The van der Waals surface area contributed by atoms with Gasteiger partial charge in [-0.05, 0) is 32.1 Å². The highest BCUT2D eigenvalue weighted by atomic mass is 16.4. The molecule has 1 atom stereocenters. The van der Waals surface area contributed by atoms with Crippen molar-refractivity contribution in [2.75, 3.05) is 0 Å². The van der Waals surface area contributed by atoms with Crippen LogP contribution in [0.4, 0.5) is 0 Å². The van der Waals surface area contributed by atoms with Crippen molar-refractivity contribution in [3.63, 3.8) is 0 Å². The number of carboxylic acids is 2. The number of allylic oxidation sites excluding steroid dienone is 1. The predicted molar refractivity (Wildman–Crippen MR) is 49.9 cm³/mol. The van der Waals surface area contributed by atoms with Crippen LogP contribution in [0.5, 0.6) is 0 Å². The molecule has 0 aromatic heterocycles. The molecule has 0 bridgehead atoms. The zero-order valence-electron chi connectivity index (χ0n) is 7.90. The maximum absolute atomic E-state index is 10.7. The number of hydrogen-bond acceptors (Lipinski definition) is 2. The van der Waals surface area contributed by atoms with E-state index in [2.05, 4.69) is 0 Å². The third kappa shape index (κ3) is 2.87. The number of carbonyl (C=O) groups is 2. The molecule has 0 aliphatic heterocycles. The Labute approximate surface area is 82.2 Å². The molecule has 0 radical (unpaired) electrons. The van der Waals surface area contributed by atoms with Crippen LogP contribution >= 0.6 is 0 Å². The highest BCUT2D eigenvalue weighted by Crippen LogP contribution is 2.22. The first kappa shape index (κ1) is 10.8. The standard InChI is InChI=1S/C10H14O4/c11-9(12)7-3-1-4-8(10(13)14)6-2-5-7/h3,8H,1-2,4-6H2,(H,11,12)(H,13,14)/t8-/m1/s1. The first-order valence-electron chi connectivity index (χ1n) is 4.76. The van der Waals surface area contributed by atoms with Gasteiger partial charge in [-0.1, -0.05) is 6.08 Å². The quantitative estimate of drug-likeness (QED) is 0.707. The Balaban J connectivity index is 2.58. The number of carboxylic acid groups (broad SMARTS) is 2. The molecule has 0 spiro atoms. The van der Waals surface area contributed by atoms with E-state index in [0.29, 0.717) is 37.7 Å². The lowest BCUT2D eigenvalue weighted by Gasteiger charge is -2.14. The predicted octanol–water partition coefficient (Wildman–Crippen LogP) is 1.66. The number of aliphatic carboxylic acids is 2. The SMILES string of the molecule is O=C(O)C1=CCC[C@@H](C(=O)O)CCC1. The van der Waals surface area contributed by atoms with E-state index in [9.17, 15) is 9.59 Å². The summed E-state index contributed by atoms with van der Waals surface area (Å²) < 4.78 is 0. The summed E-state index contributed by atoms with van der Waals surface area (Å²) in [7, 11) is 0. The van der Waals surface area contributed by atoms with Gasteiger partial charge in [0.05, 0.1) is 5.92 Å². The highest BCUT2D eigenvalue weighted by Gasteiger charge is 2.19. The molecule has 2 N–H and O–H groups in total. The van der Waals surface area contributed by atoms with Crippen LogP contribution < -0.4 is 0 Å². The molecular formula is C10H14O4. The van der Waals surface area contributed by atoms with Gasteiger partial charge in [0.2, 0.25) is 0 Å². The van der Waals surface area contributed by atoms with Gasteiger partial charge in [-0.3, -0.25) is 4.79 Å². The van der Waals surface area contributed by atoms with Crippen LogP contribution in [0, 0.1) is 5.92 Å². The van der Waals surface area contributed by atoms with Crippen LogP contribution in [-0.4, -0.2) is 22.2 Å². The van der Waals surface area contributed by atoms with E-state index in [4.69, 9.17) is 10.2 Å². The molecule has 0 fully saturated rings. The second-order valence-electron chi connectivity index (χ2n) is 3.54. The average molecular weight is 198 g/mol. The van der Waals surface area contributed by atoms with Crippen molar-refractivity contribution in [1.29, 1.82) is 0 Å². The first-order valence-corrected chi connectivity index (χ1v) is 4.76. The van der Waals surface area contributed by atoms with Gasteiger partial charge >= 0.3 is 11.9 Å². The summed E-state index contributed by atoms with van der Waals surface area (Å²) in [6.07, 6.45) is 4.47. The molecule has 0 amide bonds. The van der Waals surface area contributed by atoms with E-state index >= 15 is 0 Å². The van der Waals surface area contributed by atoms with Gasteiger partial charge in [0.25, 0.3) is 0 Å². The van der Waals surface area contributed by atoms with Crippen molar-refractivity contribution in [3.05, 3.63) is 11.6 Å². The molecule has 0 saturated carbocycles. The summed E-state index contributed by atoms with van der Waals surface area (Å²) in [5.74, 6) is -1.95. The molecule has 0 aromatic carbocycles. The van der Waals surface area contributed by atoms with Gasteiger partial charge in [-0.15, -0.1) is 0 Å².